The van der Waals surface area contributed by atoms with Crippen molar-refractivity contribution in [3.05, 3.63) is 93.2 Å². The third-order valence-corrected chi connectivity index (χ3v) is 6.04. The van der Waals surface area contributed by atoms with Crippen molar-refractivity contribution in [2.24, 2.45) is 4.99 Å². The molecule has 1 aliphatic rings. The van der Waals surface area contributed by atoms with Crippen LogP contribution in [0.3, 0.4) is 0 Å². The second kappa shape index (κ2) is 9.13. The van der Waals surface area contributed by atoms with E-state index in [0.717, 1.165) is 22.1 Å². The molecule has 0 spiro atoms. The van der Waals surface area contributed by atoms with Gasteiger partial charge in [-0.25, -0.2) is 19.3 Å². The standard InChI is InChI=1S/C27H23FN4O3/c1-3-35-27(34)30-24-14-18-9-8-17(13-22(18)29-24)20-11-16(7-10-21(20)28)12-23-19-6-4-5-15(2)25(19)26(33)32-31-23/h4-11,13H,3,12,14H2,1-2H3,(H,32,33)(H,29,30,34). The number of aliphatic imine (C=N–C) groups is 1. The maximum atomic E-state index is 14.9. The van der Waals surface area contributed by atoms with E-state index in [2.05, 4.69) is 20.5 Å². The van der Waals surface area contributed by atoms with E-state index in [4.69, 9.17) is 4.74 Å². The molecule has 1 amide bonds. The minimum absolute atomic E-state index is 0.225. The Bertz CT molecular complexity index is 1560. The molecule has 0 bridgehead atoms. The summed E-state index contributed by atoms with van der Waals surface area (Å²) in [5, 5.41) is 10.9. The van der Waals surface area contributed by atoms with Crippen LogP contribution < -0.4 is 10.9 Å². The number of fused-ring (bicyclic) bond motifs is 2. The number of ether oxygens (including phenoxy) is 1. The van der Waals surface area contributed by atoms with Crippen LogP contribution in [0.15, 0.2) is 64.4 Å². The van der Waals surface area contributed by atoms with Gasteiger partial charge in [0.15, 0.2) is 0 Å². The van der Waals surface area contributed by atoms with Crippen LogP contribution in [0.25, 0.3) is 21.9 Å². The van der Waals surface area contributed by atoms with Gasteiger partial charge in [-0.1, -0.05) is 36.4 Å². The summed E-state index contributed by atoms with van der Waals surface area (Å²) >= 11 is 0. The highest BCUT2D eigenvalue weighted by Gasteiger charge is 2.19. The Kier molecular flexibility index (Phi) is 5.86. The van der Waals surface area contributed by atoms with E-state index in [-0.39, 0.29) is 18.0 Å². The summed E-state index contributed by atoms with van der Waals surface area (Å²) in [6.45, 7) is 3.90. The fraction of sp³-hybridized carbons (Fsp3) is 0.185. The Hall–Kier alpha value is -4.33. The average molecular weight is 471 g/mol. The number of carbonyl (C=O) groups is 1. The molecule has 7 nitrogen and oxygen atoms in total. The third kappa shape index (κ3) is 4.42. The average Bonchev–Trinajstić information content (AvgIpc) is 3.23. The number of amides is 1. The van der Waals surface area contributed by atoms with Gasteiger partial charge in [-0.05, 0) is 54.3 Å². The summed E-state index contributed by atoms with van der Waals surface area (Å²) in [5.74, 6) is 0.145. The molecular formula is C27H23FN4O3. The topological polar surface area (TPSA) is 96.4 Å². The van der Waals surface area contributed by atoms with Crippen molar-refractivity contribution in [3.63, 3.8) is 0 Å². The number of hydrogen-bond donors (Lipinski definition) is 2. The first-order valence-electron chi connectivity index (χ1n) is 11.3. The molecule has 4 aromatic rings. The number of H-pyrrole nitrogens is 1. The van der Waals surface area contributed by atoms with Crippen molar-refractivity contribution in [1.82, 2.24) is 15.5 Å². The lowest BCUT2D eigenvalue weighted by molar-refractivity contribution is 0.157. The molecule has 2 heterocycles. The molecule has 0 saturated heterocycles. The predicted molar refractivity (Wildman–Crippen MR) is 133 cm³/mol. The smallest absolute Gasteiger partial charge is 0.412 e. The van der Waals surface area contributed by atoms with E-state index in [1.807, 2.05) is 43.3 Å². The molecule has 3 aromatic carbocycles. The Morgan fingerprint density at radius 3 is 2.86 bits per heavy atom. The van der Waals surface area contributed by atoms with Gasteiger partial charge in [-0.2, -0.15) is 5.10 Å². The number of rotatable bonds is 4. The quantitative estimate of drug-likeness (QED) is 0.441. The normalized spacial score (nSPS) is 12.4. The molecule has 35 heavy (non-hydrogen) atoms. The predicted octanol–water partition coefficient (Wildman–Crippen LogP) is 4.96. The first-order chi connectivity index (χ1) is 16.9. The number of benzene rings is 3. The summed E-state index contributed by atoms with van der Waals surface area (Å²) in [5.41, 5.74) is 4.97. The molecule has 0 atom stereocenters. The van der Waals surface area contributed by atoms with Crippen LogP contribution in [0.4, 0.5) is 14.9 Å². The summed E-state index contributed by atoms with van der Waals surface area (Å²) in [7, 11) is 0. The van der Waals surface area contributed by atoms with Crippen molar-refractivity contribution >= 4 is 28.4 Å². The zero-order valence-corrected chi connectivity index (χ0v) is 19.3. The van der Waals surface area contributed by atoms with E-state index in [0.29, 0.717) is 46.6 Å². The Balaban J connectivity index is 1.46. The van der Waals surface area contributed by atoms with Gasteiger partial charge in [-0.3, -0.25) is 10.1 Å². The van der Waals surface area contributed by atoms with Gasteiger partial charge in [0.2, 0.25) is 0 Å². The number of hydrogen-bond acceptors (Lipinski definition) is 5. The van der Waals surface area contributed by atoms with E-state index in [9.17, 15) is 14.0 Å². The van der Waals surface area contributed by atoms with Crippen molar-refractivity contribution in [2.75, 3.05) is 6.61 Å². The van der Waals surface area contributed by atoms with Crippen LogP contribution in [-0.4, -0.2) is 28.7 Å². The fourth-order valence-electron chi connectivity index (χ4n) is 4.38. The van der Waals surface area contributed by atoms with Crippen molar-refractivity contribution < 1.29 is 13.9 Å². The van der Waals surface area contributed by atoms with Crippen molar-refractivity contribution in [3.8, 4) is 11.1 Å². The van der Waals surface area contributed by atoms with Gasteiger partial charge in [0, 0.05) is 23.8 Å². The molecule has 1 aliphatic heterocycles. The maximum absolute atomic E-state index is 14.9. The van der Waals surface area contributed by atoms with Crippen LogP contribution in [0.5, 0.6) is 0 Å². The lowest BCUT2D eigenvalue weighted by Gasteiger charge is -2.10. The molecule has 0 unspecified atom stereocenters. The number of amidine groups is 1. The highest BCUT2D eigenvalue weighted by atomic mass is 19.1. The zero-order chi connectivity index (χ0) is 24.5. The molecular weight excluding hydrogens is 447 g/mol. The number of aromatic nitrogens is 2. The zero-order valence-electron chi connectivity index (χ0n) is 19.3. The minimum Gasteiger partial charge on any atom is -0.450 e. The van der Waals surface area contributed by atoms with E-state index < -0.39 is 6.09 Å². The number of nitrogens with zero attached hydrogens (tertiary/aromatic N) is 2. The summed E-state index contributed by atoms with van der Waals surface area (Å²) in [6, 6.07) is 16.2. The molecule has 0 saturated carbocycles. The molecule has 1 aromatic heterocycles. The molecule has 0 fully saturated rings. The van der Waals surface area contributed by atoms with E-state index >= 15 is 0 Å². The van der Waals surface area contributed by atoms with Crippen LogP contribution >= 0.6 is 0 Å². The van der Waals surface area contributed by atoms with E-state index in [1.54, 1.807) is 19.1 Å². The number of carbonyl (C=O) groups excluding carboxylic acids is 1. The van der Waals surface area contributed by atoms with E-state index in [1.165, 1.54) is 6.07 Å². The summed E-state index contributed by atoms with van der Waals surface area (Å²) in [4.78, 5) is 28.5. The maximum Gasteiger partial charge on any atom is 0.412 e. The minimum atomic E-state index is -0.545. The molecule has 2 N–H and O–H groups in total. The Morgan fingerprint density at radius 2 is 2.03 bits per heavy atom. The lowest BCUT2D eigenvalue weighted by Crippen LogP contribution is -2.30. The fourth-order valence-corrected chi connectivity index (χ4v) is 4.38. The van der Waals surface area contributed by atoms with Gasteiger partial charge in [0.25, 0.3) is 5.56 Å². The third-order valence-electron chi connectivity index (χ3n) is 6.04. The highest BCUT2D eigenvalue weighted by Crippen LogP contribution is 2.33. The number of aryl methyl sites for hydroxylation is 1. The summed E-state index contributed by atoms with van der Waals surface area (Å²) in [6.07, 6.45) is 0.360. The second-order valence-electron chi connectivity index (χ2n) is 8.41. The van der Waals surface area contributed by atoms with Crippen LogP contribution in [0.2, 0.25) is 0 Å². The molecule has 0 aliphatic carbocycles. The lowest BCUT2D eigenvalue weighted by atomic mass is 9.97. The Labute approximate surface area is 200 Å². The van der Waals surface area contributed by atoms with Gasteiger partial charge in [0.1, 0.15) is 11.7 Å². The summed E-state index contributed by atoms with van der Waals surface area (Å²) < 4.78 is 19.8. The SMILES string of the molecule is CCOC(=O)NC1=Nc2cc(-c3cc(Cc4n[nH]c(=O)c5c(C)cccc45)ccc3F)ccc2C1. The van der Waals surface area contributed by atoms with Crippen molar-refractivity contribution in [1.29, 1.82) is 0 Å². The number of aromatic amines is 1. The number of alkyl carbamates (subject to hydrolysis) is 1. The first-order valence-corrected chi connectivity index (χ1v) is 11.3. The molecule has 0 radical (unpaired) electrons. The van der Waals surface area contributed by atoms with Crippen LogP contribution in [0, 0.1) is 12.7 Å². The molecule has 8 heteroatoms. The highest BCUT2D eigenvalue weighted by molar-refractivity contribution is 6.01. The first kappa shape index (κ1) is 22.5. The van der Waals surface area contributed by atoms with Gasteiger partial charge in [0.05, 0.1) is 23.4 Å². The number of halogens is 1. The largest absolute Gasteiger partial charge is 0.450 e. The van der Waals surface area contributed by atoms with Gasteiger partial charge in [-0.15, -0.1) is 0 Å². The molecule has 176 valence electrons. The van der Waals surface area contributed by atoms with Crippen LogP contribution in [-0.2, 0) is 17.6 Å². The second-order valence-corrected chi connectivity index (χ2v) is 8.41. The number of nitrogens with one attached hydrogen (secondary N) is 2. The van der Waals surface area contributed by atoms with Crippen LogP contribution in [0.1, 0.15) is 29.3 Å². The van der Waals surface area contributed by atoms with Crippen molar-refractivity contribution in [2.45, 2.75) is 26.7 Å². The van der Waals surface area contributed by atoms with Gasteiger partial charge < -0.3 is 4.74 Å². The molecule has 5 rings (SSSR count). The monoisotopic (exact) mass is 470 g/mol. The van der Waals surface area contributed by atoms with Gasteiger partial charge >= 0.3 is 6.09 Å². The Morgan fingerprint density at radius 1 is 1.17 bits per heavy atom.